The Labute approximate surface area is 233 Å². The number of hydrogen-bond acceptors (Lipinski definition) is 10. The van der Waals surface area contributed by atoms with Crippen molar-refractivity contribution in [3.8, 4) is 11.6 Å². The first kappa shape index (κ1) is 31.3. The number of esters is 1. The van der Waals surface area contributed by atoms with Crippen LogP contribution in [0.2, 0.25) is 0 Å². The summed E-state index contributed by atoms with van der Waals surface area (Å²) in [7, 11) is 0. The van der Waals surface area contributed by atoms with E-state index < -0.39 is 49.3 Å². The highest BCUT2D eigenvalue weighted by Gasteiger charge is 2.46. The number of nitrogens with zero attached hydrogens (tertiary/aromatic N) is 2. The largest absolute Gasteiger partial charge is 0.491 e. The summed E-state index contributed by atoms with van der Waals surface area (Å²) in [6.07, 6.45) is -7.10. The molecule has 1 fully saturated rings. The summed E-state index contributed by atoms with van der Waals surface area (Å²) < 4.78 is 24.4. The van der Waals surface area contributed by atoms with Crippen molar-refractivity contribution in [2.75, 3.05) is 6.61 Å². The molecule has 2 heterocycles. The third kappa shape index (κ3) is 8.17. The monoisotopic (exact) mass is 564 g/mol. The molecule has 3 rings (SSSR count). The second kappa shape index (κ2) is 13.9. The van der Waals surface area contributed by atoms with Crippen LogP contribution < -0.4 is 9.47 Å². The lowest BCUT2D eigenvalue weighted by molar-refractivity contribution is -0.279. The summed E-state index contributed by atoms with van der Waals surface area (Å²) in [5.74, 6) is -0.744. The first-order valence-corrected chi connectivity index (χ1v) is 13.4. The summed E-state index contributed by atoms with van der Waals surface area (Å²) in [6, 6.07) is 7.67. The number of aliphatic hydroxyl groups excluding tert-OH is 3. The third-order valence-corrected chi connectivity index (χ3v) is 6.48. The first-order valence-electron chi connectivity index (χ1n) is 13.4. The number of ether oxygens (including phenoxy) is 4. The van der Waals surface area contributed by atoms with Crippen molar-refractivity contribution in [3.05, 3.63) is 41.1 Å². The maximum atomic E-state index is 12.0. The van der Waals surface area contributed by atoms with Gasteiger partial charge in [0.1, 0.15) is 36.8 Å². The molecule has 1 aliphatic heterocycles. The fourth-order valence-corrected chi connectivity index (χ4v) is 4.38. The van der Waals surface area contributed by atoms with Crippen molar-refractivity contribution in [1.29, 1.82) is 0 Å². The number of aromatic nitrogens is 2. The van der Waals surface area contributed by atoms with E-state index in [2.05, 4.69) is 5.10 Å². The maximum Gasteiger partial charge on any atom is 0.305 e. The molecular weight excluding hydrogens is 524 g/mol. The summed E-state index contributed by atoms with van der Waals surface area (Å²) in [4.78, 5) is 22.6. The number of carbonyl (C=O) groups is 2. The molecule has 40 heavy (non-hydrogen) atoms. The second-order valence-electron chi connectivity index (χ2n) is 10.5. The molecule has 1 saturated heterocycles. The lowest BCUT2D eigenvalue weighted by Crippen LogP contribution is -2.60. The normalized spacial score (nSPS) is 22.9. The zero-order chi connectivity index (χ0) is 29.6. The molecule has 1 aromatic heterocycles. The minimum atomic E-state index is -1.64. The number of benzene rings is 1. The third-order valence-electron chi connectivity index (χ3n) is 6.48. The molecule has 4 N–H and O–H groups in total. The standard InChI is InChI=1S/C28H40N2O10/c1-15(2)30-17(5)20(13-18-9-11-19(12-10-18)38-16(3)4)27(29-30)40-28-26(36)25(35)24(34)21(39-28)14-37-23(33)8-6-7-22(31)32/h9-12,15-16,21,24-26,28,34-36H,6-8,13-14H2,1-5H3,(H,31,32)/t21-,24-,25+,26-,28+/m1/s1. The molecular formula is C28H40N2O10. The van der Waals surface area contributed by atoms with Gasteiger partial charge in [-0.15, -0.1) is 5.10 Å². The van der Waals surface area contributed by atoms with E-state index in [-0.39, 0.29) is 37.3 Å². The van der Waals surface area contributed by atoms with Gasteiger partial charge in [-0.3, -0.25) is 14.3 Å². The predicted octanol–water partition coefficient (Wildman–Crippen LogP) is 2.13. The van der Waals surface area contributed by atoms with Gasteiger partial charge in [0.15, 0.2) is 0 Å². The van der Waals surface area contributed by atoms with E-state index in [1.54, 1.807) is 4.68 Å². The van der Waals surface area contributed by atoms with Crippen LogP contribution in [0.1, 0.15) is 69.8 Å². The molecule has 0 spiro atoms. The summed E-state index contributed by atoms with van der Waals surface area (Å²) in [5.41, 5.74) is 2.58. The molecule has 0 aliphatic carbocycles. The molecule has 12 nitrogen and oxygen atoms in total. The van der Waals surface area contributed by atoms with Crippen LogP contribution in [0.15, 0.2) is 24.3 Å². The second-order valence-corrected chi connectivity index (χ2v) is 10.5. The lowest BCUT2D eigenvalue weighted by atomic mass is 9.99. The number of carbonyl (C=O) groups excluding carboxylic acids is 1. The van der Waals surface area contributed by atoms with Crippen LogP contribution in [0.3, 0.4) is 0 Å². The Hall–Kier alpha value is -3.19. The fraction of sp³-hybridized carbons (Fsp3) is 0.607. The van der Waals surface area contributed by atoms with E-state index in [0.29, 0.717) is 6.42 Å². The van der Waals surface area contributed by atoms with E-state index in [1.807, 2.05) is 58.9 Å². The molecule has 0 unspecified atom stereocenters. The van der Waals surface area contributed by atoms with Crippen LogP contribution in [0, 0.1) is 6.92 Å². The van der Waals surface area contributed by atoms with Gasteiger partial charge in [0.2, 0.25) is 12.2 Å². The first-order chi connectivity index (χ1) is 18.9. The highest BCUT2D eigenvalue weighted by molar-refractivity contribution is 5.71. The number of rotatable bonds is 13. The number of aliphatic carboxylic acids is 1. The van der Waals surface area contributed by atoms with Gasteiger partial charge in [0.25, 0.3) is 0 Å². The summed E-state index contributed by atoms with van der Waals surface area (Å²) >= 11 is 0. The highest BCUT2D eigenvalue weighted by atomic mass is 16.7. The number of carboxylic acid groups (broad SMARTS) is 1. The van der Waals surface area contributed by atoms with Crippen molar-refractivity contribution in [3.63, 3.8) is 0 Å². The Kier molecular flexibility index (Phi) is 10.9. The molecule has 0 amide bonds. The van der Waals surface area contributed by atoms with Gasteiger partial charge in [-0.2, -0.15) is 0 Å². The molecule has 2 aromatic rings. The number of aliphatic hydroxyl groups is 3. The Morgan fingerprint density at radius 2 is 1.70 bits per heavy atom. The van der Waals surface area contributed by atoms with Gasteiger partial charge in [-0.05, 0) is 58.7 Å². The van der Waals surface area contributed by atoms with E-state index in [0.717, 1.165) is 22.6 Å². The van der Waals surface area contributed by atoms with E-state index in [1.165, 1.54) is 0 Å². The van der Waals surface area contributed by atoms with Gasteiger partial charge < -0.3 is 39.4 Å². The molecule has 1 aromatic carbocycles. The van der Waals surface area contributed by atoms with Crippen molar-refractivity contribution in [2.24, 2.45) is 0 Å². The van der Waals surface area contributed by atoms with Crippen molar-refractivity contribution in [2.45, 2.75) is 103 Å². The molecule has 1 aliphatic rings. The van der Waals surface area contributed by atoms with Crippen LogP contribution in [0.25, 0.3) is 0 Å². The fourth-order valence-electron chi connectivity index (χ4n) is 4.38. The Morgan fingerprint density at radius 3 is 2.30 bits per heavy atom. The zero-order valence-electron chi connectivity index (χ0n) is 23.5. The Bertz CT molecular complexity index is 1130. The SMILES string of the molecule is Cc1c(Cc2ccc(OC(C)C)cc2)c(O[C@@H]2O[C@H](COC(=O)CCCC(=O)O)[C@@H](O)[C@H](O)[C@H]2O)nn1C(C)C. The molecule has 5 atom stereocenters. The van der Waals surface area contributed by atoms with Gasteiger partial charge >= 0.3 is 11.9 Å². The predicted molar refractivity (Wildman–Crippen MR) is 142 cm³/mol. The van der Waals surface area contributed by atoms with E-state index >= 15 is 0 Å². The average Bonchev–Trinajstić information content (AvgIpc) is 3.19. The van der Waals surface area contributed by atoms with Gasteiger partial charge in [0, 0.05) is 36.6 Å². The lowest BCUT2D eigenvalue weighted by Gasteiger charge is -2.39. The average molecular weight is 565 g/mol. The van der Waals surface area contributed by atoms with Gasteiger partial charge in [-0.1, -0.05) is 12.1 Å². The van der Waals surface area contributed by atoms with Crippen molar-refractivity contribution < 1.29 is 49.0 Å². The Morgan fingerprint density at radius 1 is 1.02 bits per heavy atom. The van der Waals surface area contributed by atoms with Crippen LogP contribution >= 0.6 is 0 Å². The smallest absolute Gasteiger partial charge is 0.305 e. The molecule has 0 bridgehead atoms. The van der Waals surface area contributed by atoms with E-state index in [9.17, 15) is 24.9 Å². The number of carboxylic acids is 1. The van der Waals surface area contributed by atoms with E-state index in [4.69, 9.17) is 24.1 Å². The minimum absolute atomic E-state index is 0.0100. The van der Waals surface area contributed by atoms with Gasteiger partial charge in [-0.25, -0.2) is 0 Å². The van der Waals surface area contributed by atoms with Gasteiger partial charge in [0.05, 0.1) is 6.10 Å². The summed E-state index contributed by atoms with van der Waals surface area (Å²) in [5, 5.41) is 44.8. The minimum Gasteiger partial charge on any atom is -0.491 e. The number of hydrogen-bond donors (Lipinski definition) is 4. The van der Waals surface area contributed by atoms with Crippen LogP contribution in [-0.2, 0) is 25.5 Å². The van der Waals surface area contributed by atoms with Crippen molar-refractivity contribution in [1.82, 2.24) is 9.78 Å². The zero-order valence-corrected chi connectivity index (χ0v) is 23.5. The quantitative estimate of drug-likeness (QED) is 0.263. The maximum absolute atomic E-state index is 12.0. The summed E-state index contributed by atoms with van der Waals surface area (Å²) in [6.45, 7) is 9.34. The van der Waals surface area contributed by atoms with Crippen molar-refractivity contribution >= 4 is 11.9 Å². The highest BCUT2D eigenvalue weighted by Crippen LogP contribution is 2.31. The van der Waals surface area contributed by atoms with Crippen LogP contribution in [-0.4, -0.2) is 85.6 Å². The van der Waals surface area contributed by atoms with Crippen LogP contribution in [0.4, 0.5) is 0 Å². The molecule has 222 valence electrons. The molecule has 0 radical (unpaired) electrons. The Balaban J connectivity index is 1.75. The molecule has 12 heteroatoms. The van der Waals surface area contributed by atoms with Crippen LogP contribution in [0.5, 0.6) is 11.6 Å². The molecule has 0 saturated carbocycles. The topological polar surface area (TPSA) is 170 Å².